The van der Waals surface area contributed by atoms with Crippen molar-refractivity contribution in [3.63, 3.8) is 0 Å². The minimum atomic E-state index is 0.445. The summed E-state index contributed by atoms with van der Waals surface area (Å²) >= 11 is 0. The summed E-state index contributed by atoms with van der Waals surface area (Å²) < 4.78 is 1.90. The van der Waals surface area contributed by atoms with Gasteiger partial charge >= 0.3 is 0 Å². The highest BCUT2D eigenvalue weighted by Gasteiger charge is 2.22. The molecule has 112 valence electrons. The van der Waals surface area contributed by atoms with Crippen LogP contribution in [0.25, 0.3) is 16.8 Å². The standard InChI is InChI=1S/C17H19N5/c1-21-9-3-5-15(11-21)17-19-16-7-6-14(12-22(16)20-17)13-4-2-8-18-10-13/h2,4,6-8,10,12,15H,3,5,9,11H2,1H3. The Balaban J connectivity index is 1.69. The highest BCUT2D eigenvalue weighted by Crippen LogP contribution is 2.25. The van der Waals surface area contributed by atoms with Crippen LogP contribution in [0.3, 0.4) is 0 Å². The number of rotatable bonds is 2. The molecule has 1 aliphatic heterocycles. The Morgan fingerprint density at radius 3 is 2.95 bits per heavy atom. The minimum Gasteiger partial charge on any atom is -0.306 e. The molecule has 1 aliphatic rings. The van der Waals surface area contributed by atoms with E-state index < -0.39 is 0 Å². The fraction of sp³-hybridized carbons (Fsp3) is 0.353. The van der Waals surface area contributed by atoms with Crippen LogP contribution < -0.4 is 0 Å². The molecule has 22 heavy (non-hydrogen) atoms. The number of likely N-dealkylation sites (tertiary alicyclic amines) is 1. The van der Waals surface area contributed by atoms with Gasteiger partial charge in [-0.25, -0.2) is 9.50 Å². The van der Waals surface area contributed by atoms with E-state index in [1.54, 1.807) is 6.20 Å². The molecule has 0 amide bonds. The summed E-state index contributed by atoms with van der Waals surface area (Å²) in [6, 6.07) is 8.12. The van der Waals surface area contributed by atoms with E-state index >= 15 is 0 Å². The van der Waals surface area contributed by atoms with Crippen molar-refractivity contribution in [2.75, 3.05) is 20.1 Å². The Hall–Kier alpha value is -2.27. The van der Waals surface area contributed by atoms with Crippen molar-refractivity contribution in [1.82, 2.24) is 24.5 Å². The fourth-order valence-corrected chi connectivity index (χ4v) is 3.15. The summed E-state index contributed by atoms with van der Waals surface area (Å²) in [5.41, 5.74) is 3.12. The molecule has 1 atom stereocenters. The zero-order chi connectivity index (χ0) is 14.9. The van der Waals surface area contributed by atoms with E-state index in [4.69, 9.17) is 10.1 Å². The third-order valence-corrected chi connectivity index (χ3v) is 4.33. The number of hydrogen-bond donors (Lipinski definition) is 0. The normalized spacial score (nSPS) is 19.6. The second kappa shape index (κ2) is 5.50. The molecule has 1 saturated heterocycles. The minimum absolute atomic E-state index is 0.445. The molecular formula is C17H19N5. The number of fused-ring (bicyclic) bond motifs is 1. The molecule has 0 aromatic carbocycles. The van der Waals surface area contributed by atoms with Gasteiger partial charge in [0.25, 0.3) is 0 Å². The van der Waals surface area contributed by atoms with Crippen LogP contribution in [0.5, 0.6) is 0 Å². The molecule has 1 fully saturated rings. The van der Waals surface area contributed by atoms with Crippen LogP contribution >= 0.6 is 0 Å². The highest BCUT2D eigenvalue weighted by atomic mass is 15.3. The Bertz CT molecular complexity index is 780. The Labute approximate surface area is 129 Å². The number of hydrogen-bond acceptors (Lipinski definition) is 4. The molecule has 0 spiro atoms. The SMILES string of the molecule is CN1CCCC(c2nc3ccc(-c4cccnc4)cn3n2)C1. The number of likely N-dealkylation sites (N-methyl/N-ethyl adjacent to an activating group) is 1. The van der Waals surface area contributed by atoms with Gasteiger partial charge in [0.05, 0.1) is 0 Å². The van der Waals surface area contributed by atoms with Gasteiger partial charge in [0.1, 0.15) is 0 Å². The highest BCUT2D eigenvalue weighted by molar-refractivity contribution is 5.63. The first-order valence-corrected chi connectivity index (χ1v) is 7.75. The predicted octanol–water partition coefficient (Wildman–Crippen LogP) is 2.60. The third kappa shape index (κ3) is 2.48. The maximum absolute atomic E-state index is 4.72. The van der Waals surface area contributed by atoms with E-state index in [1.807, 2.05) is 29.0 Å². The molecule has 5 nitrogen and oxygen atoms in total. The van der Waals surface area contributed by atoms with Crippen LogP contribution in [-0.2, 0) is 0 Å². The van der Waals surface area contributed by atoms with Gasteiger partial charge in [0.2, 0.25) is 0 Å². The van der Waals surface area contributed by atoms with Gasteiger partial charge in [-0.15, -0.1) is 0 Å². The van der Waals surface area contributed by atoms with Crippen LogP contribution in [0.1, 0.15) is 24.6 Å². The van der Waals surface area contributed by atoms with Gasteiger partial charge in [-0.3, -0.25) is 4.98 Å². The van der Waals surface area contributed by atoms with Gasteiger partial charge in [-0.1, -0.05) is 6.07 Å². The van der Waals surface area contributed by atoms with Crippen molar-refractivity contribution in [2.45, 2.75) is 18.8 Å². The number of aromatic nitrogens is 4. The topological polar surface area (TPSA) is 46.3 Å². The van der Waals surface area contributed by atoms with E-state index in [9.17, 15) is 0 Å². The molecule has 0 N–H and O–H groups in total. The Kier molecular flexibility index (Phi) is 3.35. The summed E-state index contributed by atoms with van der Waals surface area (Å²) in [7, 11) is 2.17. The Morgan fingerprint density at radius 2 is 2.14 bits per heavy atom. The van der Waals surface area contributed by atoms with Crippen LogP contribution in [0.4, 0.5) is 0 Å². The lowest BCUT2D eigenvalue weighted by atomic mass is 9.98. The van der Waals surface area contributed by atoms with Crippen molar-refractivity contribution in [3.05, 3.63) is 48.7 Å². The maximum Gasteiger partial charge on any atom is 0.156 e. The van der Waals surface area contributed by atoms with Crippen molar-refractivity contribution < 1.29 is 0 Å². The van der Waals surface area contributed by atoms with Crippen molar-refractivity contribution in [2.24, 2.45) is 0 Å². The second-order valence-corrected chi connectivity index (χ2v) is 6.03. The summed E-state index contributed by atoms with van der Waals surface area (Å²) in [5, 5.41) is 4.72. The van der Waals surface area contributed by atoms with Crippen molar-refractivity contribution >= 4 is 5.65 Å². The molecule has 1 unspecified atom stereocenters. The van der Waals surface area contributed by atoms with Crippen molar-refractivity contribution in [1.29, 1.82) is 0 Å². The number of nitrogens with zero attached hydrogens (tertiary/aromatic N) is 5. The lowest BCUT2D eigenvalue weighted by molar-refractivity contribution is 0.246. The van der Waals surface area contributed by atoms with Gasteiger partial charge in [0.15, 0.2) is 11.5 Å². The molecule has 0 bridgehead atoms. The molecule has 0 radical (unpaired) electrons. The molecule has 3 aromatic rings. The first-order valence-electron chi connectivity index (χ1n) is 7.75. The maximum atomic E-state index is 4.72. The van der Waals surface area contributed by atoms with Crippen LogP contribution in [0, 0.1) is 0 Å². The van der Waals surface area contributed by atoms with E-state index in [0.29, 0.717) is 5.92 Å². The fourth-order valence-electron chi connectivity index (χ4n) is 3.15. The third-order valence-electron chi connectivity index (χ3n) is 4.33. The number of pyridine rings is 2. The van der Waals surface area contributed by atoms with E-state index in [1.165, 1.54) is 19.4 Å². The first-order chi connectivity index (χ1) is 10.8. The molecule has 4 heterocycles. The smallest absolute Gasteiger partial charge is 0.156 e. The molecule has 0 saturated carbocycles. The van der Waals surface area contributed by atoms with Gasteiger partial charge in [0, 0.05) is 42.2 Å². The van der Waals surface area contributed by atoms with Crippen LogP contribution in [0.15, 0.2) is 42.9 Å². The zero-order valence-electron chi connectivity index (χ0n) is 12.7. The Morgan fingerprint density at radius 1 is 1.18 bits per heavy atom. The molecule has 5 heteroatoms. The second-order valence-electron chi connectivity index (χ2n) is 6.03. The van der Waals surface area contributed by atoms with Crippen molar-refractivity contribution in [3.8, 4) is 11.1 Å². The lowest BCUT2D eigenvalue weighted by Crippen LogP contribution is -2.31. The molecule has 3 aromatic heterocycles. The van der Waals surface area contributed by atoms with Crippen LogP contribution in [-0.4, -0.2) is 44.6 Å². The quantitative estimate of drug-likeness (QED) is 0.728. The molecular weight excluding hydrogens is 274 g/mol. The lowest BCUT2D eigenvalue weighted by Gasteiger charge is -2.27. The summed E-state index contributed by atoms with van der Waals surface area (Å²) in [6.45, 7) is 2.22. The number of piperidine rings is 1. The average molecular weight is 293 g/mol. The monoisotopic (exact) mass is 293 g/mol. The van der Waals surface area contributed by atoms with E-state index in [0.717, 1.165) is 29.1 Å². The summed E-state index contributed by atoms with van der Waals surface area (Å²) in [6.07, 6.45) is 8.09. The van der Waals surface area contributed by atoms with Gasteiger partial charge in [-0.05, 0) is 44.6 Å². The first kappa shape index (κ1) is 13.4. The molecule has 0 aliphatic carbocycles. The summed E-state index contributed by atoms with van der Waals surface area (Å²) in [4.78, 5) is 11.3. The van der Waals surface area contributed by atoms with E-state index in [2.05, 4.69) is 29.1 Å². The van der Waals surface area contributed by atoms with E-state index in [-0.39, 0.29) is 0 Å². The van der Waals surface area contributed by atoms with Crippen LogP contribution in [0.2, 0.25) is 0 Å². The average Bonchev–Trinajstić information content (AvgIpc) is 2.99. The largest absolute Gasteiger partial charge is 0.306 e. The zero-order valence-corrected chi connectivity index (χ0v) is 12.7. The summed E-state index contributed by atoms with van der Waals surface area (Å²) in [5.74, 6) is 1.41. The predicted molar refractivity (Wildman–Crippen MR) is 85.7 cm³/mol. The van der Waals surface area contributed by atoms with Gasteiger partial charge < -0.3 is 4.90 Å². The van der Waals surface area contributed by atoms with Gasteiger partial charge in [-0.2, -0.15) is 5.10 Å². The molecule has 4 rings (SSSR count).